The van der Waals surface area contributed by atoms with Crippen molar-refractivity contribution in [2.24, 2.45) is 0 Å². The van der Waals surface area contributed by atoms with Crippen molar-refractivity contribution < 1.29 is 4.92 Å². The third-order valence-electron chi connectivity index (χ3n) is 2.22. The Morgan fingerprint density at radius 3 is 2.89 bits per heavy atom. The molecule has 1 heterocycles. The van der Waals surface area contributed by atoms with Crippen LogP contribution in [0.4, 0.5) is 5.00 Å². The van der Waals surface area contributed by atoms with Gasteiger partial charge in [-0.15, -0.1) is 11.3 Å². The molecule has 1 aromatic heterocycles. The monoisotopic (exact) mass is 302 g/mol. The highest BCUT2D eigenvalue weighted by Gasteiger charge is 2.01. The Morgan fingerprint density at radius 2 is 2.32 bits per heavy atom. The lowest BCUT2D eigenvalue weighted by atomic mass is 10.5. The highest BCUT2D eigenvalue weighted by Crippen LogP contribution is 2.24. The Morgan fingerprint density at radius 1 is 1.53 bits per heavy atom. The Balaban J connectivity index is 2.18. The molecule has 1 aromatic rings. The zero-order valence-corrected chi connectivity index (χ0v) is 12.6. The van der Waals surface area contributed by atoms with E-state index < -0.39 is 4.92 Å². The normalized spacial score (nSPS) is 11.2. The number of thiophene rings is 1. The predicted molar refractivity (Wildman–Crippen MR) is 82.2 cm³/mol. The quantitative estimate of drug-likeness (QED) is 0.367. The average molecular weight is 302 g/mol. The van der Waals surface area contributed by atoms with E-state index in [1.54, 1.807) is 30.1 Å². The Labute approximate surface area is 120 Å². The van der Waals surface area contributed by atoms with Gasteiger partial charge < -0.3 is 16.0 Å². The molecule has 0 aliphatic heterocycles. The summed E-state index contributed by atoms with van der Waals surface area (Å²) in [6.07, 6.45) is 0.934. The molecule has 0 saturated heterocycles. The van der Waals surface area contributed by atoms with Gasteiger partial charge in [0, 0.05) is 37.0 Å². The Bertz CT molecular complexity index is 434. The van der Waals surface area contributed by atoms with E-state index in [-0.39, 0.29) is 0 Å². The fourth-order valence-electron chi connectivity index (χ4n) is 1.32. The van der Waals surface area contributed by atoms with E-state index in [4.69, 9.17) is 0 Å². The van der Waals surface area contributed by atoms with Crippen LogP contribution in [0.5, 0.6) is 0 Å². The summed E-state index contributed by atoms with van der Waals surface area (Å²) in [5.74, 6) is 2.28. The van der Waals surface area contributed by atoms with Gasteiger partial charge in [0.05, 0.1) is 9.92 Å². The summed E-state index contributed by atoms with van der Waals surface area (Å²) in [7, 11) is 3.56. The maximum atomic E-state index is 10.3. The summed E-state index contributed by atoms with van der Waals surface area (Å²) in [6.45, 7) is 0.690. The highest BCUT2D eigenvalue weighted by atomic mass is 32.2. The van der Waals surface area contributed by atoms with Crippen molar-refractivity contribution in [1.29, 1.82) is 0 Å². The number of rotatable bonds is 9. The van der Waals surface area contributed by atoms with Crippen LogP contribution in [0.15, 0.2) is 24.2 Å². The van der Waals surface area contributed by atoms with Crippen molar-refractivity contribution in [2.45, 2.75) is 5.75 Å². The molecule has 0 aliphatic rings. The second-order valence-electron chi connectivity index (χ2n) is 3.57. The number of thioether (sulfide) groups is 1. The van der Waals surface area contributed by atoms with Crippen molar-refractivity contribution in [2.75, 3.05) is 31.7 Å². The first kappa shape index (κ1) is 15.6. The van der Waals surface area contributed by atoms with Gasteiger partial charge in [0.25, 0.3) is 6.20 Å². The minimum absolute atomic E-state index is 0.430. The zero-order valence-electron chi connectivity index (χ0n) is 10.9. The van der Waals surface area contributed by atoms with Crippen molar-refractivity contribution in [3.63, 3.8) is 0 Å². The van der Waals surface area contributed by atoms with E-state index >= 15 is 0 Å². The molecule has 0 atom stereocenters. The summed E-state index contributed by atoms with van der Waals surface area (Å²) in [5, 5.41) is 20.3. The van der Waals surface area contributed by atoms with E-state index in [1.165, 1.54) is 9.88 Å². The lowest BCUT2D eigenvalue weighted by molar-refractivity contribution is -0.404. The first-order valence-electron chi connectivity index (χ1n) is 5.77. The molecule has 0 unspecified atom stereocenters. The number of nitro groups is 1. The van der Waals surface area contributed by atoms with Gasteiger partial charge >= 0.3 is 0 Å². The van der Waals surface area contributed by atoms with Crippen molar-refractivity contribution >= 4 is 28.1 Å². The van der Waals surface area contributed by atoms with E-state index in [0.29, 0.717) is 12.4 Å². The fourth-order valence-corrected chi connectivity index (χ4v) is 3.16. The molecule has 0 amide bonds. The molecule has 0 fully saturated rings. The summed E-state index contributed by atoms with van der Waals surface area (Å²) < 4.78 is 0. The standard InChI is InChI=1S/C11H18N4O2S2/c1-12-10(7-15(16)17)14-5-6-18-8-9-3-4-11(13-2)19-9/h3-4,7,12-14H,5-6,8H2,1-2H3. The topological polar surface area (TPSA) is 79.2 Å². The first-order chi connectivity index (χ1) is 9.15. The highest BCUT2D eigenvalue weighted by molar-refractivity contribution is 7.98. The van der Waals surface area contributed by atoms with Crippen molar-refractivity contribution in [1.82, 2.24) is 10.6 Å². The van der Waals surface area contributed by atoms with Gasteiger partial charge in [0.2, 0.25) is 0 Å². The van der Waals surface area contributed by atoms with Gasteiger partial charge in [0.15, 0.2) is 5.82 Å². The molecule has 0 spiro atoms. The van der Waals surface area contributed by atoms with Crippen LogP contribution < -0.4 is 16.0 Å². The van der Waals surface area contributed by atoms with Gasteiger partial charge in [-0.05, 0) is 12.1 Å². The lowest BCUT2D eigenvalue weighted by Crippen LogP contribution is -2.26. The SMILES string of the molecule is CNC(=C[N+](=O)[O-])NCCSCc1ccc(NC)s1. The summed E-state index contributed by atoms with van der Waals surface area (Å²) in [5.41, 5.74) is 0. The zero-order chi connectivity index (χ0) is 14.1. The maximum Gasteiger partial charge on any atom is 0.274 e. The van der Waals surface area contributed by atoms with E-state index in [1.807, 2.05) is 7.05 Å². The average Bonchev–Trinajstić information content (AvgIpc) is 2.84. The molecule has 0 radical (unpaired) electrons. The van der Waals surface area contributed by atoms with Crippen LogP contribution in [0.25, 0.3) is 0 Å². The van der Waals surface area contributed by atoms with Crippen LogP contribution in [0.1, 0.15) is 4.88 Å². The van der Waals surface area contributed by atoms with Gasteiger partial charge in [-0.1, -0.05) is 0 Å². The molecule has 6 nitrogen and oxygen atoms in total. The number of nitrogens with one attached hydrogen (secondary N) is 3. The Hall–Kier alpha value is -1.41. The van der Waals surface area contributed by atoms with Crippen LogP contribution in [-0.4, -0.2) is 31.3 Å². The number of nitrogens with zero attached hydrogens (tertiary/aromatic N) is 1. The third-order valence-corrected chi connectivity index (χ3v) is 4.51. The number of hydrogen-bond acceptors (Lipinski definition) is 7. The molecule has 0 bridgehead atoms. The predicted octanol–water partition coefficient (Wildman–Crippen LogP) is 1.91. The van der Waals surface area contributed by atoms with E-state index in [2.05, 4.69) is 28.1 Å². The second-order valence-corrected chi connectivity index (χ2v) is 5.85. The van der Waals surface area contributed by atoms with Gasteiger partial charge in [0.1, 0.15) is 0 Å². The molecule has 106 valence electrons. The van der Waals surface area contributed by atoms with E-state index in [9.17, 15) is 10.1 Å². The molecule has 19 heavy (non-hydrogen) atoms. The molecule has 3 N–H and O–H groups in total. The fraction of sp³-hybridized carbons (Fsp3) is 0.455. The molecular weight excluding hydrogens is 284 g/mol. The van der Waals surface area contributed by atoms with Crippen LogP contribution in [0, 0.1) is 10.1 Å². The number of anilines is 1. The number of hydrogen-bond donors (Lipinski definition) is 3. The molecular formula is C11H18N4O2S2. The molecule has 8 heteroatoms. The van der Waals surface area contributed by atoms with Crippen LogP contribution in [0.3, 0.4) is 0 Å². The largest absolute Gasteiger partial charge is 0.380 e. The maximum absolute atomic E-state index is 10.3. The van der Waals surface area contributed by atoms with Crippen LogP contribution in [0.2, 0.25) is 0 Å². The van der Waals surface area contributed by atoms with Crippen molar-refractivity contribution in [3.05, 3.63) is 39.1 Å². The minimum Gasteiger partial charge on any atom is -0.380 e. The van der Waals surface area contributed by atoms with Crippen LogP contribution in [-0.2, 0) is 5.75 Å². The molecule has 0 aliphatic carbocycles. The van der Waals surface area contributed by atoms with E-state index in [0.717, 1.165) is 17.7 Å². The minimum atomic E-state index is -0.475. The summed E-state index contributed by atoms with van der Waals surface area (Å²) in [4.78, 5) is 11.2. The molecule has 1 rings (SSSR count). The summed E-state index contributed by atoms with van der Waals surface area (Å²) >= 11 is 3.54. The lowest BCUT2D eigenvalue weighted by Gasteiger charge is -2.07. The molecule has 0 saturated carbocycles. The second kappa shape index (κ2) is 8.65. The molecule has 0 aromatic carbocycles. The smallest absolute Gasteiger partial charge is 0.274 e. The van der Waals surface area contributed by atoms with Gasteiger partial charge in [-0.3, -0.25) is 10.1 Å². The first-order valence-corrected chi connectivity index (χ1v) is 7.74. The third kappa shape index (κ3) is 6.35. The van der Waals surface area contributed by atoms with Crippen LogP contribution >= 0.6 is 23.1 Å². The Kier molecular flexibility index (Phi) is 7.12. The summed E-state index contributed by atoms with van der Waals surface area (Å²) in [6, 6.07) is 4.18. The van der Waals surface area contributed by atoms with Gasteiger partial charge in [-0.25, -0.2) is 0 Å². The van der Waals surface area contributed by atoms with Gasteiger partial charge in [-0.2, -0.15) is 11.8 Å². The van der Waals surface area contributed by atoms with Crippen molar-refractivity contribution in [3.8, 4) is 0 Å².